The number of tetrazole rings is 1. The fraction of sp³-hybridized carbons (Fsp3) is 0.900. The van der Waals surface area contributed by atoms with E-state index in [0.717, 1.165) is 37.9 Å². The van der Waals surface area contributed by atoms with Crippen molar-refractivity contribution in [2.75, 3.05) is 26.7 Å². The van der Waals surface area contributed by atoms with E-state index in [1.165, 1.54) is 17.6 Å². The summed E-state index contributed by atoms with van der Waals surface area (Å²) in [5, 5.41) is 15.3. The zero-order valence-corrected chi connectivity index (χ0v) is 10.1. The molecule has 1 aliphatic rings. The molecule has 1 aromatic rings. The summed E-state index contributed by atoms with van der Waals surface area (Å²) in [7, 11) is 3.82. The predicted molar refractivity (Wildman–Crippen MR) is 60.7 cm³/mol. The van der Waals surface area contributed by atoms with Crippen LogP contribution >= 0.6 is 0 Å². The molecule has 1 atom stereocenters. The van der Waals surface area contributed by atoms with Gasteiger partial charge in [-0.1, -0.05) is 0 Å². The molecule has 1 unspecified atom stereocenters. The Morgan fingerprint density at radius 1 is 1.50 bits per heavy atom. The van der Waals surface area contributed by atoms with Gasteiger partial charge in [-0.3, -0.25) is 4.90 Å². The van der Waals surface area contributed by atoms with E-state index in [1.54, 1.807) is 7.05 Å². The molecule has 6 nitrogen and oxygen atoms in total. The number of hydrogen-bond donors (Lipinski definition) is 1. The Hall–Kier alpha value is -1.01. The molecule has 6 heteroatoms. The van der Waals surface area contributed by atoms with Crippen LogP contribution in [0.3, 0.4) is 0 Å². The van der Waals surface area contributed by atoms with Gasteiger partial charge in [-0.15, -0.1) is 10.2 Å². The SMILES string of the molecule is CNCC1CCCN(Cc2nnn(C)n2)C1. The van der Waals surface area contributed by atoms with Crippen molar-refractivity contribution < 1.29 is 0 Å². The first-order chi connectivity index (χ1) is 7.78. The lowest BCUT2D eigenvalue weighted by atomic mass is 9.98. The zero-order chi connectivity index (χ0) is 11.4. The van der Waals surface area contributed by atoms with Crippen LogP contribution in [0, 0.1) is 5.92 Å². The quantitative estimate of drug-likeness (QED) is 0.757. The van der Waals surface area contributed by atoms with Crippen molar-refractivity contribution in [2.45, 2.75) is 19.4 Å². The van der Waals surface area contributed by atoms with Crippen molar-refractivity contribution in [1.29, 1.82) is 0 Å². The Morgan fingerprint density at radius 2 is 2.38 bits per heavy atom. The maximum absolute atomic E-state index is 4.21. The van der Waals surface area contributed by atoms with E-state index in [0.29, 0.717) is 0 Å². The summed E-state index contributed by atoms with van der Waals surface area (Å²) in [6, 6.07) is 0. The number of rotatable bonds is 4. The van der Waals surface area contributed by atoms with Crippen molar-refractivity contribution in [3.63, 3.8) is 0 Å². The van der Waals surface area contributed by atoms with Crippen LogP contribution in [0.4, 0.5) is 0 Å². The Labute approximate surface area is 96.0 Å². The average molecular weight is 224 g/mol. The Bertz CT molecular complexity index is 321. The van der Waals surface area contributed by atoms with Gasteiger partial charge < -0.3 is 5.32 Å². The topological polar surface area (TPSA) is 58.9 Å². The first kappa shape index (κ1) is 11.5. The fourth-order valence-corrected chi connectivity index (χ4v) is 2.34. The lowest BCUT2D eigenvalue weighted by Crippen LogP contribution is -2.38. The lowest BCUT2D eigenvalue weighted by Gasteiger charge is -2.31. The van der Waals surface area contributed by atoms with Crippen LogP contribution in [-0.2, 0) is 13.6 Å². The number of nitrogens with one attached hydrogen (secondary N) is 1. The van der Waals surface area contributed by atoms with Gasteiger partial charge >= 0.3 is 0 Å². The average Bonchev–Trinajstić information content (AvgIpc) is 2.65. The van der Waals surface area contributed by atoms with Crippen LogP contribution < -0.4 is 5.32 Å². The molecular weight excluding hydrogens is 204 g/mol. The van der Waals surface area contributed by atoms with Crippen LogP contribution in [-0.4, -0.2) is 51.8 Å². The molecule has 0 bridgehead atoms. The van der Waals surface area contributed by atoms with Crippen LogP contribution in [0.25, 0.3) is 0 Å². The first-order valence-corrected chi connectivity index (χ1v) is 5.87. The molecule has 1 aliphatic heterocycles. The summed E-state index contributed by atoms with van der Waals surface area (Å²) in [6.45, 7) is 4.22. The molecule has 90 valence electrons. The van der Waals surface area contributed by atoms with Gasteiger partial charge in [-0.05, 0) is 44.1 Å². The summed E-state index contributed by atoms with van der Waals surface area (Å²) in [5.74, 6) is 1.59. The van der Waals surface area contributed by atoms with Crippen molar-refractivity contribution in [3.8, 4) is 0 Å². The molecule has 0 saturated carbocycles. The molecule has 2 heterocycles. The van der Waals surface area contributed by atoms with Crippen molar-refractivity contribution in [1.82, 2.24) is 30.4 Å². The maximum Gasteiger partial charge on any atom is 0.188 e. The molecule has 2 rings (SSSR count). The zero-order valence-electron chi connectivity index (χ0n) is 10.1. The van der Waals surface area contributed by atoms with E-state index in [2.05, 4.69) is 25.6 Å². The van der Waals surface area contributed by atoms with Crippen LogP contribution in [0.5, 0.6) is 0 Å². The summed E-state index contributed by atoms with van der Waals surface area (Å²) in [6.07, 6.45) is 2.60. The Balaban J connectivity index is 1.85. The Morgan fingerprint density at radius 3 is 3.06 bits per heavy atom. The molecule has 1 N–H and O–H groups in total. The van der Waals surface area contributed by atoms with Crippen molar-refractivity contribution in [2.24, 2.45) is 13.0 Å². The molecule has 0 amide bonds. The summed E-state index contributed by atoms with van der Waals surface area (Å²) < 4.78 is 0. The highest BCUT2D eigenvalue weighted by Crippen LogP contribution is 2.16. The van der Waals surface area contributed by atoms with E-state index < -0.39 is 0 Å². The molecule has 0 aromatic carbocycles. The van der Waals surface area contributed by atoms with Crippen molar-refractivity contribution >= 4 is 0 Å². The number of nitrogens with zero attached hydrogens (tertiary/aromatic N) is 5. The number of aromatic nitrogens is 4. The van der Waals surface area contributed by atoms with Crippen LogP contribution in [0.2, 0.25) is 0 Å². The number of hydrogen-bond acceptors (Lipinski definition) is 5. The third-order valence-electron chi connectivity index (χ3n) is 3.01. The highest BCUT2D eigenvalue weighted by atomic mass is 15.6. The summed E-state index contributed by atoms with van der Waals surface area (Å²) >= 11 is 0. The second-order valence-corrected chi connectivity index (χ2v) is 4.50. The lowest BCUT2D eigenvalue weighted by molar-refractivity contribution is 0.163. The minimum atomic E-state index is 0.760. The van der Waals surface area contributed by atoms with E-state index in [1.807, 2.05) is 7.05 Å². The fourth-order valence-electron chi connectivity index (χ4n) is 2.34. The minimum Gasteiger partial charge on any atom is -0.319 e. The molecule has 1 fully saturated rings. The molecule has 1 aromatic heterocycles. The van der Waals surface area contributed by atoms with Gasteiger partial charge in [0.25, 0.3) is 0 Å². The Kier molecular flexibility index (Phi) is 3.84. The van der Waals surface area contributed by atoms with Crippen LogP contribution in [0.15, 0.2) is 0 Å². The standard InChI is InChI=1S/C10H20N6/c1-11-6-9-4-3-5-16(7-9)8-10-12-14-15(2)13-10/h9,11H,3-8H2,1-2H3. The van der Waals surface area contributed by atoms with E-state index >= 15 is 0 Å². The summed E-state index contributed by atoms with van der Waals surface area (Å²) in [5.41, 5.74) is 0. The summed E-state index contributed by atoms with van der Waals surface area (Å²) in [4.78, 5) is 3.94. The van der Waals surface area contributed by atoms with E-state index in [-0.39, 0.29) is 0 Å². The highest BCUT2D eigenvalue weighted by Gasteiger charge is 2.20. The van der Waals surface area contributed by atoms with Gasteiger partial charge in [0, 0.05) is 6.54 Å². The molecular formula is C10H20N6. The first-order valence-electron chi connectivity index (χ1n) is 5.87. The molecule has 16 heavy (non-hydrogen) atoms. The second kappa shape index (κ2) is 5.36. The third kappa shape index (κ3) is 2.99. The monoisotopic (exact) mass is 224 g/mol. The van der Waals surface area contributed by atoms with Gasteiger partial charge in [0.05, 0.1) is 13.6 Å². The van der Waals surface area contributed by atoms with Gasteiger partial charge in [-0.2, -0.15) is 4.80 Å². The molecule has 0 aliphatic carbocycles. The van der Waals surface area contributed by atoms with Gasteiger partial charge in [-0.25, -0.2) is 0 Å². The third-order valence-corrected chi connectivity index (χ3v) is 3.01. The second-order valence-electron chi connectivity index (χ2n) is 4.50. The highest BCUT2D eigenvalue weighted by molar-refractivity contribution is 4.81. The number of aryl methyl sites for hydroxylation is 1. The van der Waals surface area contributed by atoms with Gasteiger partial charge in [0.1, 0.15) is 0 Å². The van der Waals surface area contributed by atoms with Crippen molar-refractivity contribution in [3.05, 3.63) is 5.82 Å². The minimum absolute atomic E-state index is 0.760. The molecule has 1 saturated heterocycles. The number of likely N-dealkylation sites (tertiary alicyclic amines) is 1. The normalized spacial score (nSPS) is 22.5. The van der Waals surface area contributed by atoms with E-state index in [4.69, 9.17) is 0 Å². The van der Waals surface area contributed by atoms with E-state index in [9.17, 15) is 0 Å². The smallest absolute Gasteiger partial charge is 0.188 e. The van der Waals surface area contributed by atoms with Gasteiger partial charge in [0.15, 0.2) is 5.82 Å². The predicted octanol–water partition coefficient (Wildman–Crippen LogP) is -0.358. The van der Waals surface area contributed by atoms with Gasteiger partial charge in [0.2, 0.25) is 0 Å². The number of piperidine rings is 1. The van der Waals surface area contributed by atoms with Crippen LogP contribution in [0.1, 0.15) is 18.7 Å². The largest absolute Gasteiger partial charge is 0.319 e. The maximum atomic E-state index is 4.21. The molecule has 0 radical (unpaired) electrons. The molecule has 0 spiro atoms.